The van der Waals surface area contributed by atoms with Crippen LogP contribution in [-0.2, 0) is 0 Å². The maximum absolute atomic E-state index is 8.60. The average Bonchev–Trinajstić information content (AvgIpc) is 2.13. The fourth-order valence-corrected chi connectivity index (χ4v) is 1.81. The number of hydrogen-bond donors (Lipinski definition) is 2. The van der Waals surface area contributed by atoms with Crippen molar-refractivity contribution in [3.63, 3.8) is 0 Å². The topological polar surface area (TPSA) is 59.1 Å². The number of pyridine rings is 1. The van der Waals surface area contributed by atoms with E-state index in [9.17, 15) is 0 Å². The van der Waals surface area contributed by atoms with Gasteiger partial charge in [-0.2, -0.15) is 0 Å². The molecule has 1 heterocycles. The first-order valence-electron chi connectivity index (χ1n) is 4.20. The van der Waals surface area contributed by atoms with Gasteiger partial charge in [-0.25, -0.2) is 4.98 Å². The van der Waals surface area contributed by atoms with Crippen molar-refractivity contribution < 1.29 is 5.11 Å². The third-order valence-corrected chi connectivity index (χ3v) is 2.80. The molecule has 0 aromatic carbocycles. The van der Waals surface area contributed by atoms with Gasteiger partial charge in [-0.15, -0.1) is 11.8 Å². The van der Waals surface area contributed by atoms with E-state index in [1.54, 1.807) is 18.0 Å². The Hall–Kier alpha value is -0.740. The Labute approximate surface area is 82.4 Å². The van der Waals surface area contributed by atoms with Crippen molar-refractivity contribution in [2.24, 2.45) is 0 Å². The highest BCUT2D eigenvalue weighted by Gasteiger charge is 2.02. The second-order valence-corrected chi connectivity index (χ2v) is 3.86. The zero-order chi connectivity index (χ0) is 9.68. The molecule has 13 heavy (non-hydrogen) atoms. The summed E-state index contributed by atoms with van der Waals surface area (Å²) in [6.45, 7) is 2.19. The molecule has 4 heteroatoms. The molecule has 0 atom stereocenters. The van der Waals surface area contributed by atoms with Crippen molar-refractivity contribution in [3.05, 3.63) is 17.8 Å². The zero-order valence-corrected chi connectivity index (χ0v) is 8.47. The van der Waals surface area contributed by atoms with Crippen molar-refractivity contribution in [2.45, 2.75) is 18.4 Å². The fraction of sp³-hybridized carbons (Fsp3) is 0.444. The first-order chi connectivity index (χ1) is 6.25. The largest absolute Gasteiger partial charge is 0.396 e. The molecule has 0 saturated heterocycles. The Kier molecular flexibility index (Phi) is 4.05. The molecule has 3 nitrogen and oxygen atoms in total. The fourth-order valence-electron chi connectivity index (χ4n) is 0.893. The maximum Gasteiger partial charge on any atom is 0.119 e. The van der Waals surface area contributed by atoms with Gasteiger partial charge in [0.2, 0.25) is 0 Å². The van der Waals surface area contributed by atoms with Gasteiger partial charge in [0.1, 0.15) is 5.03 Å². The van der Waals surface area contributed by atoms with E-state index in [4.69, 9.17) is 10.8 Å². The van der Waals surface area contributed by atoms with Crippen LogP contribution in [0.5, 0.6) is 0 Å². The van der Waals surface area contributed by atoms with Gasteiger partial charge in [-0.1, -0.05) is 0 Å². The molecule has 0 saturated carbocycles. The van der Waals surface area contributed by atoms with Gasteiger partial charge in [0.25, 0.3) is 0 Å². The molecule has 1 aromatic rings. The molecule has 0 unspecified atom stereocenters. The summed E-state index contributed by atoms with van der Waals surface area (Å²) in [4.78, 5) is 4.17. The van der Waals surface area contributed by atoms with Crippen LogP contribution in [-0.4, -0.2) is 22.5 Å². The zero-order valence-electron chi connectivity index (χ0n) is 7.66. The lowest BCUT2D eigenvalue weighted by atomic mass is 10.3. The summed E-state index contributed by atoms with van der Waals surface area (Å²) >= 11 is 1.59. The van der Waals surface area contributed by atoms with Gasteiger partial charge >= 0.3 is 0 Å². The number of anilines is 1. The van der Waals surface area contributed by atoms with E-state index in [2.05, 4.69) is 4.98 Å². The monoisotopic (exact) mass is 198 g/mol. The number of aromatic nitrogens is 1. The number of thioether (sulfide) groups is 1. The summed E-state index contributed by atoms with van der Waals surface area (Å²) in [5, 5.41) is 9.47. The van der Waals surface area contributed by atoms with Crippen molar-refractivity contribution in [1.82, 2.24) is 4.98 Å². The van der Waals surface area contributed by atoms with Crippen molar-refractivity contribution in [2.75, 3.05) is 18.1 Å². The smallest absolute Gasteiger partial charge is 0.119 e. The van der Waals surface area contributed by atoms with Crippen LogP contribution in [0, 0.1) is 6.92 Å². The summed E-state index contributed by atoms with van der Waals surface area (Å²) in [5.41, 5.74) is 7.63. The van der Waals surface area contributed by atoms with Crippen LogP contribution in [0.1, 0.15) is 12.0 Å². The highest BCUT2D eigenvalue weighted by atomic mass is 32.2. The standard InChI is InChI=1S/C9H14N2OS/c1-7-3-4-11-9(8(7)10)13-6-2-5-12/h3-4,12H,2,5-6,10H2,1H3. The van der Waals surface area contributed by atoms with E-state index in [0.717, 1.165) is 28.5 Å². The normalized spacial score (nSPS) is 10.3. The van der Waals surface area contributed by atoms with Gasteiger partial charge in [-0.3, -0.25) is 0 Å². The predicted molar refractivity (Wildman–Crippen MR) is 55.8 cm³/mol. The van der Waals surface area contributed by atoms with Gasteiger partial charge in [0, 0.05) is 18.6 Å². The maximum atomic E-state index is 8.60. The van der Waals surface area contributed by atoms with Crippen molar-refractivity contribution >= 4 is 17.4 Å². The quantitative estimate of drug-likeness (QED) is 0.568. The lowest BCUT2D eigenvalue weighted by Crippen LogP contribution is -1.96. The second kappa shape index (κ2) is 5.09. The number of hydrogen-bond acceptors (Lipinski definition) is 4. The molecular formula is C9H14N2OS. The molecule has 0 aliphatic rings. The Morgan fingerprint density at radius 1 is 1.62 bits per heavy atom. The molecule has 0 aliphatic heterocycles. The number of aryl methyl sites for hydroxylation is 1. The predicted octanol–water partition coefficient (Wildman–Crippen LogP) is 1.45. The molecule has 3 N–H and O–H groups in total. The number of aliphatic hydroxyl groups is 1. The third-order valence-electron chi connectivity index (χ3n) is 1.71. The average molecular weight is 198 g/mol. The van der Waals surface area contributed by atoms with Crippen LogP contribution in [0.4, 0.5) is 5.69 Å². The molecule has 0 aliphatic carbocycles. The molecule has 1 rings (SSSR count). The number of nitrogen functional groups attached to an aromatic ring is 1. The molecule has 0 spiro atoms. The number of rotatable bonds is 4. The molecule has 0 fully saturated rings. The molecule has 1 aromatic heterocycles. The van der Waals surface area contributed by atoms with Gasteiger partial charge in [0.05, 0.1) is 5.69 Å². The van der Waals surface area contributed by atoms with Crippen LogP contribution in [0.15, 0.2) is 17.3 Å². The van der Waals surface area contributed by atoms with Crippen LogP contribution < -0.4 is 5.73 Å². The molecule has 0 amide bonds. The lowest BCUT2D eigenvalue weighted by Gasteiger charge is -2.05. The van der Waals surface area contributed by atoms with Gasteiger partial charge in [0.15, 0.2) is 0 Å². The Balaban J connectivity index is 2.61. The molecular weight excluding hydrogens is 184 g/mol. The first kappa shape index (κ1) is 10.3. The van der Waals surface area contributed by atoms with Crippen LogP contribution in [0.3, 0.4) is 0 Å². The molecule has 72 valence electrons. The minimum atomic E-state index is 0.221. The van der Waals surface area contributed by atoms with E-state index in [0.29, 0.717) is 0 Å². The highest BCUT2D eigenvalue weighted by Crippen LogP contribution is 2.24. The van der Waals surface area contributed by atoms with Gasteiger partial charge < -0.3 is 10.8 Å². The minimum Gasteiger partial charge on any atom is -0.396 e. The van der Waals surface area contributed by atoms with Crippen LogP contribution in [0.2, 0.25) is 0 Å². The van der Waals surface area contributed by atoms with E-state index < -0.39 is 0 Å². The Bertz CT molecular complexity index is 278. The number of aliphatic hydroxyl groups excluding tert-OH is 1. The minimum absolute atomic E-state index is 0.221. The SMILES string of the molecule is Cc1ccnc(SCCCO)c1N. The number of nitrogens with zero attached hydrogens (tertiary/aromatic N) is 1. The van der Waals surface area contributed by atoms with E-state index in [1.807, 2.05) is 13.0 Å². The summed E-state index contributed by atoms with van der Waals surface area (Å²) in [7, 11) is 0. The van der Waals surface area contributed by atoms with Crippen molar-refractivity contribution in [1.29, 1.82) is 0 Å². The first-order valence-corrected chi connectivity index (χ1v) is 5.19. The molecule has 0 bridgehead atoms. The summed E-state index contributed by atoms with van der Waals surface area (Å²) in [6, 6.07) is 1.89. The number of nitrogens with two attached hydrogens (primary N) is 1. The third kappa shape index (κ3) is 2.90. The van der Waals surface area contributed by atoms with Crippen LogP contribution in [0.25, 0.3) is 0 Å². The van der Waals surface area contributed by atoms with E-state index in [1.165, 1.54) is 0 Å². The van der Waals surface area contributed by atoms with Crippen molar-refractivity contribution in [3.8, 4) is 0 Å². The summed E-state index contributed by atoms with van der Waals surface area (Å²) in [6.07, 6.45) is 2.53. The van der Waals surface area contributed by atoms with Crippen LogP contribution >= 0.6 is 11.8 Å². The summed E-state index contributed by atoms with van der Waals surface area (Å²) in [5.74, 6) is 0.858. The van der Waals surface area contributed by atoms with Gasteiger partial charge in [-0.05, 0) is 25.0 Å². The van der Waals surface area contributed by atoms with E-state index in [-0.39, 0.29) is 6.61 Å². The lowest BCUT2D eigenvalue weighted by molar-refractivity contribution is 0.296. The van der Waals surface area contributed by atoms with E-state index >= 15 is 0 Å². The molecule has 0 radical (unpaired) electrons. The second-order valence-electron chi connectivity index (χ2n) is 2.77. The highest BCUT2D eigenvalue weighted by molar-refractivity contribution is 7.99. The Morgan fingerprint density at radius 2 is 2.38 bits per heavy atom. The summed E-state index contributed by atoms with van der Waals surface area (Å²) < 4.78 is 0. The Morgan fingerprint density at radius 3 is 3.08 bits per heavy atom.